The van der Waals surface area contributed by atoms with Crippen LogP contribution in [0.2, 0.25) is 0 Å². The number of thioether (sulfide) groups is 1. The molecule has 1 rings (SSSR count). The highest BCUT2D eigenvalue weighted by molar-refractivity contribution is 8.15. The third kappa shape index (κ3) is 2.65. The predicted molar refractivity (Wildman–Crippen MR) is 51.4 cm³/mol. The Hall–Kier alpha value is -0.840. The topological polar surface area (TPSA) is 53.8 Å². The molecular formula is C7H11N3OS. The third-order valence-corrected chi connectivity index (χ3v) is 2.27. The van der Waals surface area contributed by atoms with Crippen LogP contribution in [0.5, 0.6) is 0 Å². The van der Waals surface area contributed by atoms with E-state index in [1.54, 1.807) is 0 Å². The van der Waals surface area contributed by atoms with Gasteiger partial charge in [0.25, 0.3) is 0 Å². The van der Waals surface area contributed by atoms with E-state index in [0.717, 1.165) is 12.1 Å². The van der Waals surface area contributed by atoms with E-state index in [0.29, 0.717) is 10.9 Å². The fourth-order valence-electron chi connectivity index (χ4n) is 0.581. The highest BCUT2D eigenvalue weighted by Crippen LogP contribution is 2.08. The molecule has 0 aliphatic carbocycles. The maximum Gasteiger partial charge on any atom is 0.236 e. The van der Waals surface area contributed by atoms with Gasteiger partial charge in [0.15, 0.2) is 5.17 Å². The Kier molecular flexibility index (Phi) is 3.28. The molecule has 0 unspecified atom stereocenters. The van der Waals surface area contributed by atoms with Crippen LogP contribution < -0.4 is 5.32 Å². The van der Waals surface area contributed by atoms with Gasteiger partial charge in [-0.1, -0.05) is 18.7 Å². The summed E-state index contributed by atoms with van der Waals surface area (Å²) in [6.07, 6.45) is 0.884. The highest BCUT2D eigenvalue weighted by atomic mass is 32.2. The van der Waals surface area contributed by atoms with Crippen LogP contribution in [0.3, 0.4) is 0 Å². The Morgan fingerprint density at radius 2 is 2.50 bits per heavy atom. The minimum absolute atomic E-state index is 0.00287. The quantitative estimate of drug-likeness (QED) is 0.515. The molecule has 1 amide bonds. The van der Waals surface area contributed by atoms with Crippen molar-refractivity contribution < 1.29 is 4.79 Å². The second kappa shape index (κ2) is 4.25. The van der Waals surface area contributed by atoms with Crippen molar-refractivity contribution in [2.75, 3.05) is 5.75 Å². The van der Waals surface area contributed by atoms with Gasteiger partial charge >= 0.3 is 0 Å². The van der Waals surface area contributed by atoms with Gasteiger partial charge in [0, 0.05) is 5.71 Å². The molecule has 1 N–H and O–H groups in total. The molecule has 5 heteroatoms. The molecule has 0 aromatic rings. The molecule has 0 atom stereocenters. The second-order valence-electron chi connectivity index (χ2n) is 2.43. The molecule has 1 aliphatic rings. The number of hydrogen-bond acceptors (Lipinski definition) is 4. The predicted octanol–water partition coefficient (Wildman–Crippen LogP) is 0.991. The number of nitrogens with one attached hydrogen (secondary N) is 1. The Morgan fingerprint density at radius 1 is 1.75 bits per heavy atom. The first-order chi connectivity index (χ1) is 5.72. The second-order valence-corrected chi connectivity index (χ2v) is 3.39. The van der Waals surface area contributed by atoms with Crippen LogP contribution in [-0.4, -0.2) is 22.5 Å². The summed E-state index contributed by atoms with van der Waals surface area (Å²) in [4.78, 5) is 10.7. The Morgan fingerprint density at radius 3 is 3.00 bits per heavy atom. The first kappa shape index (κ1) is 9.25. The summed E-state index contributed by atoms with van der Waals surface area (Å²) in [6, 6.07) is 0. The zero-order valence-electron chi connectivity index (χ0n) is 7.13. The summed E-state index contributed by atoms with van der Waals surface area (Å²) in [7, 11) is 0. The van der Waals surface area contributed by atoms with Crippen molar-refractivity contribution in [3.8, 4) is 0 Å². The number of carbonyl (C=O) groups is 1. The Balaban J connectivity index is 2.53. The summed E-state index contributed by atoms with van der Waals surface area (Å²) >= 11 is 1.39. The van der Waals surface area contributed by atoms with Gasteiger partial charge in [-0.05, 0) is 13.3 Å². The van der Waals surface area contributed by atoms with Gasteiger partial charge in [-0.15, -0.1) is 5.10 Å². The Bertz CT molecular complexity index is 247. The zero-order chi connectivity index (χ0) is 8.97. The zero-order valence-corrected chi connectivity index (χ0v) is 7.94. The van der Waals surface area contributed by atoms with E-state index in [9.17, 15) is 4.79 Å². The van der Waals surface area contributed by atoms with E-state index in [1.807, 2.05) is 13.8 Å². The van der Waals surface area contributed by atoms with Crippen molar-refractivity contribution in [3.63, 3.8) is 0 Å². The standard InChI is InChI=1S/C7H11N3OS/c1-3-5(2)9-10-7-8-6(11)4-12-7/h3-4H2,1-2H3,(H,8,10,11)/b9-5+. The number of nitrogens with zero attached hydrogens (tertiary/aromatic N) is 2. The highest BCUT2D eigenvalue weighted by Gasteiger charge is 2.15. The first-order valence-corrected chi connectivity index (χ1v) is 4.74. The minimum Gasteiger partial charge on any atom is -0.303 e. The minimum atomic E-state index is 0.00287. The van der Waals surface area contributed by atoms with Crippen molar-refractivity contribution in [2.24, 2.45) is 10.2 Å². The van der Waals surface area contributed by atoms with Gasteiger partial charge in [0.05, 0.1) is 5.75 Å². The molecular weight excluding hydrogens is 174 g/mol. The van der Waals surface area contributed by atoms with Crippen molar-refractivity contribution in [2.45, 2.75) is 20.3 Å². The fourth-order valence-corrected chi connectivity index (χ4v) is 1.21. The van der Waals surface area contributed by atoms with Gasteiger partial charge in [-0.3, -0.25) is 4.79 Å². The van der Waals surface area contributed by atoms with Crippen LogP contribution in [0, 0.1) is 0 Å². The molecule has 1 aliphatic heterocycles. The molecule has 0 radical (unpaired) electrons. The molecule has 0 saturated carbocycles. The summed E-state index contributed by atoms with van der Waals surface area (Å²) in [6.45, 7) is 3.92. The van der Waals surface area contributed by atoms with Crippen LogP contribution in [-0.2, 0) is 4.79 Å². The third-order valence-electron chi connectivity index (χ3n) is 1.41. The molecule has 66 valence electrons. The van der Waals surface area contributed by atoms with E-state index in [-0.39, 0.29) is 5.91 Å². The van der Waals surface area contributed by atoms with Crippen LogP contribution in [0.4, 0.5) is 0 Å². The molecule has 0 spiro atoms. The van der Waals surface area contributed by atoms with Crippen molar-refractivity contribution >= 4 is 28.5 Å². The molecule has 0 aromatic carbocycles. The molecule has 0 bridgehead atoms. The smallest absolute Gasteiger partial charge is 0.236 e. The van der Waals surface area contributed by atoms with Crippen molar-refractivity contribution in [1.29, 1.82) is 0 Å². The fraction of sp³-hybridized carbons (Fsp3) is 0.571. The number of amides is 1. The van der Waals surface area contributed by atoms with Crippen LogP contribution in [0.15, 0.2) is 10.2 Å². The van der Waals surface area contributed by atoms with E-state index in [4.69, 9.17) is 0 Å². The summed E-state index contributed by atoms with van der Waals surface area (Å²) < 4.78 is 0. The number of hydrogen-bond donors (Lipinski definition) is 1. The summed E-state index contributed by atoms with van der Waals surface area (Å²) in [5.74, 6) is 0.461. The molecule has 12 heavy (non-hydrogen) atoms. The van der Waals surface area contributed by atoms with Crippen LogP contribution >= 0.6 is 11.8 Å². The largest absolute Gasteiger partial charge is 0.303 e. The summed E-state index contributed by atoms with van der Waals surface area (Å²) in [5.41, 5.74) is 0.962. The first-order valence-electron chi connectivity index (χ1n) is 3.76. The number of carbonyl (C=O) groups excluding carboxylic acids is 1. The van der Waals surface area contributed by atoms with E-state index >= 15 is 0 Å². The normalized spacial score (nSPS) is 21.7. The Labute approximate surface area is 75.5 Å². The van der Waals surface area contributed by atoms with Crippen molar-refractivity contribution in [1.82, 2.24) is 5.32 Å². The van der Waals surface area contributed by atoms with E-state index in [2.05, 4.69) is 15.5 Å². The number of rotatable bonds is 2. The van der Waals surface area contributed by atoms with E-state index < -0.39 is 0 Å². The van der Waals surface area contributed by atoms with Crippen LogP contribution in [0.25, 0.3) is 0 Å². The lowest BCUT2D eigenvalue weighted by Gasteiger charge is -1.91. The number of amidine groups is 1. The molecule has 1 fully saturated rings. The van der Waals surface area contributed by atoms with Crippen LogP contribution in [0.1, 0.15) is 20.3 Å². The average molecular weight is 185 g/mol. The molecule has 1 saturated heterocycles. The lowest BCUT2D eigenvalue weighted by atomic mass is 10.3. The maximum atomic E-state index is 10.7. The van der Waals surface area contributed by atoms with Gasteiger partial charge in [0.2, 0.25) is 5.91 Å². The van der Waals surface area contributed by atoms with Gasteiger partial charge < -0.3 is 5.32 Å². The monoisotopic (exact) mass is 185 g/mol. The maximum absolute atomic E-state index is 10.7. The van der Waals surface area contributed by atoms with Gasteiger partial charge in [-0.25, -0.2) is 0 Å². The van der Waals surface area contributed by atoms with Gasteiger partial charge in [-0.2, -0.15) is 5.10 Å². The lowest BCUT2D eigenvalue weighted by molar-refractivity contribution is -0.116. The lowest BCUT2D eigenvalue weighted by Crippen LogP contribution is -2.19. The average Bonchev–Trinajstić information content (AvgIpc) is 2.47. The molecule has 0 aromatic heterocycles. The van der Waals surface area contributed by atoms with Crippen molar-refractivity contribution in [3.05, 3.63) is 0 Å². The van der Waals surface area contributed by atoms with E-state index in [1.165, 1.54) is 11.8 Å². The summed E-state index contributed by atoms with van der Waals surface area (Å²) in [5, 5.41) is 11.0. The molecule has 4 nitrogen and oxygen atoms in total. The van der Waals surface area contributed by atoms with Gasteiger partial charge in [0.1, 0.15) is 0 Å². The molecule has 1 heterocycles. The SMILES string of the molecule is CC/C(C)=N/N=C1\NC(=O)CS1.